The highest BCUT2D eigenvalue weighted by molar-refractivity contribution is 5.45. The fraction of sp³-hybridized carbons (Fsp3) is 0.333. The minimum absolute atomic E-state index is 0.0327. The standard InChI is InChI=1S/C15H16F3N5O3/c1-9(8-24)20-14-21-12(15(16,17)18)6-13(22-14)19-7-10-3-2-4-11(5-10)23(25)26/h2-6,9,24H,7-8H2,1H3,(H2,19,20,21,22)/t9-/m1/s1. The van der Waals surface area contributed by atoms with E-state index in [0.29, 0.717) is 5.56 Å². The fourth-order valence-electron chi connectivity index (χ4n) is 1.99. The molecule has 0 fully saturated rings. The van der Waals surface area contributed by atoms with Gasteiger partial charge in [0.15, 0.2) is 5.69 Å². The third-order valence-corrected chi connectivity index (χ3v) is 3.26. The van der Waals surface area contributed by atoms with Crippen molar-refractivity contribution in [2.45, 2.75) is 25.7 Å². The molecule has 1 aromatic heterocycles. The first-order valence-electron chi connectivity index (χ1n) is 7.50. The van der Waals surface area contributed by atoms with E-state index in [4.69, 9.17) is 5.11 Å². The van der Waals surface area contributed by atoms with Gasteiger partial charge in [0.25, 0.3) is 5.69 Å². The van der Waals surface area contributed by atoms with Crippen molar-refractivity contribution in [3.8, 4) is 0 Å². The van der Waals surface area contributed by atoms with Gasteiger partial charge in [0.1, 0.15) is 5.82 Å². The van der Waals surface area contributed by atoms with Crippen molar-refractivity contribution >= 4 is 17.5 Å². The number of aliphatic hydroxyl groups excluding tert-OH is 1. The number of halogens is 3. The number of aromatic nitrogens is 2. The summed E-state index contributed by atoms with van der Waals surface area (Å²) in [7, 11) is 0. The van der Waals surface area contributed by atoms with Gasteiger partial charge >= 0.3 is 6.18 Å². The van der Waals surface area contributed by atoms with Crippen molar-refractivity contribution in [2.24, 2.45) is 0 Å². The van der Waals surface area contributed by atoms with Crippen LogP contribution in [0.15, 0.2) is 30.3 Å². The number of hydrogen-bond acceptors (Lipinski definition) is 7. The maximum absolute atomic E-state index is 13.0. The van der Waals surface area contributed by atoms with Crippen LogP contribution in [0.1, 0.15) is 18.2 Å². The number of hydrogen-bond donors (Lipinski definition) is 3. The molecule has 3 N–H and O–H groups in total. The van der Waals surface area contributed by atoms with Crippen LogP contribution < -0.4 is 10.6 Å². The second-order valence-electron chi connectivity index (χ2n) is 5.47. The Morgan fingerprint density at radius 3 is 2.65 bits per heavy atom. The van der Waals surface area contributed by atoms with Crippen LogP contribution in [-0.2, 0) is 12.7 Å². The normalized spacial score (nSPS) is 12.5. The maximum Gasteiger partial charge on any atom is 0.433 e. The first-order chi connectivity index (χ1) is 12.2. The summed E-state index contributed by atoms with van der Waals surface area (Å²) in [6.07, 6.45) is -4.68. The molecule has 1 atom stereocenters. The van der Waals surface area contributed by atoms with E-state index in [0.717, 1.165) is 6.07 Å². The Hall–Kier alpha value is -2.95. The van der Waals surface area contributed by atoms with Crippen molar-refractivity contribution in [3.63, 3.8) is 0 Å². The molecule has 0 spiro atoms. The molecule has 140 valence electrons. The van der Waals surface area contributed by atoms with E-state index < -0.39 is 22.8 Å². The van der Waals surface area contributed by atoms with Crippen LogP contribution in [0, 0.1) is 10.1 Å². The number of nitro benzene ring substituents is 1. The highest BCUT2D eigenvalue weighted by Gasteiger charge is 2.33. The summed E-state index contributed by atoms with van der Waals surface area (Å²) >= 11 is 0. The predicted molar refractivity (Wildman–Crippen MR) is 87.6 cm³/mol. The zero-order chi connectivity index (χ0) is 19.3. The quantitative estimate of drug-likeness (QED) is 0.507. The lowest BCUT2D eigenvalue weighted by molar-refractivity contribution is -0.384. The molecule has 1 heterocycles. The first-order valence-corrected chi connectivity index (χ1v) is 7.50. The molecule has 0 saturated carbocycles. The third-order valence-electron chi connectivity index (χ3n) is 3.26. The number of aliphatic hydroxyl groups is 1. The summed E-state index contributed by atoms with van der Waals surface area (Å²) in [4.78, 5) is 17.5. The molecular weight excluding hydrogens is 355 g/mol. The maximum atomic E-state index is 13.0. The van der Waals surface area contributed by atoms with Gasteiger partial charge in [-0.1, -0.05) is 12.1 Å². The molecule has 0 unspecified atom stereocenters. The van der Waals surface area contributed by atoms with E-state index >= 15 is 0 Å². The lowest BCUT2D eigenvalue weighted by Gasteiger charge is -2.15. The van der Waals surface area contributed by atoms with Crippen LogP contribution in [-0.4, -0.2) is 32.6 Å². The molecule has 0 radical (unpaired) electrons. The summed E-state index contributed by atoms with van der Waals surface area (Å²) in [5.74, 6) is -0.394. The Morgan fingerprint density at radius 2 is 2.04 bits per heavy atom. The van der Waals surface area contributed by atoms with Gasteiger partial charge in [-0.3, -0.25) is 10.1 Å². The molecule has 0 saturated heterocycles. The molecule has 0 amide bonds. The Bertz CT molecular complexity index is 785. The molecule has 0 aliphatic heterocycles. The second kappa shape index (κ2) is 7.95. The summed E-state index contributed by atoms with van der Waals surface area (Å²) in [5.41, 5.74) is -0.770. The van der Waals surface area contributed by atoms with E-state index in [1.54, 1.807) is 13.0 Å². The van der Waals surface area contributed by atoms with E-state index in [1.807, 2.05) is 0 Å². The van der Waals surface area contributed by atoms with Crippen LogP contribution in [0.3, 0.4) is 0 Å². The molecule has 0 bridgehead atoms. The summed E-state index contributed by atoms with van der Waals surface area (Å²) in [6, 6.07) is 5.90. The highest BCUT2D eigenvalue weighted by atomic mass is 19.4. The Morgan fingerprint density at radius 1 is 1.31 bits per heavy atom. The summed E-state index contributed by atoms with van der Waals surface area (Å²) in [6.45, 7) is 1.28. The van der Waals surface area contributed by atoms with Crippen LogP contribution in [0.5, 0.6) is 0 Å². The lowest BCUT2D eigenvalue weighted by Crippen LogP contribution is -2.22. The largest absolute Gasteiger partial charge is 0.433 e. The molecule has 1 aromatic carbocycles. The smallest absolute Gasteiger partial charge is 0.394 e. The molecule has 11 heteroatoms. The van der Waals surface area contributed by atoms with Gasteiger partial charge in [-0.15, -0.1) is 0 Å². The van der Waals surface area contributed by atoms with E-state index in [2.05, 4.69) is 20.6 Å². The minimum atomic E-state index is -4.68. The Labute approximate surface area is 146 Å². The predicted octanol–water partition coefficient (Wildman–Crippen LogP) is 2.81. The average molecular weight is 371 g/mol. The number of anilines is 2. The number of nitrogens with zero attached hydrogens (tertiary/aromatic N) is 3. The van der Waals surface area contributed by atoms with Gasteiger partial charge in [0.2, 0.25) is 5.95 Å². The van der Waals surface area contributed by atoms with Gasteiger partial charge in [0, 0.05) is 30.8 Å². The van der Waals surface area contributed by atoms with Crippen molar-refractivity contribution in [2.75, 3.05) is 17.2 Å². The third kappa shape index (κ3) is 5.28. The van der Waals surface area contributed by atoms with E-state index in [1.165, 1.54) is 18.2 Å². The van der Waals surface area contributed by atoms with Crippen LogP contribution in [0.25, 0.3) is 0 Å². The number of nitrogens with one attached hydrogen (secondary N) is 2. The number of nitro groups is 1. The molecule has 26 heavy (non-hydrogen) atoms. The SMILES string of the molecule is C[C@H](CO)Nc1nc(NCc2cccc([N+](=O)[O-])c2)cc(C(F)(F)F)n1. The number of rotatable bonds is 7. The van der Waals surface area contributed by atoms with Gasteiger partial charge < -0.3 is 15.7 Å². The fourth-order valence-corrected chi connectivity index (χ4v) is 1.99. The molecular formula is C15H16F3N5O3. The minimum Gasteiger partial charge on any atom is -0.394 e. The number of non-ortho nitro benzene ring substituents is 1. The van der Waals surface area contributed by atoms with Crippen LogP contribution in [0.4, 0.5) is 30.6 Å². The first kappa shape index (κ1) is 19.4. The zero-order valence-electron chi connectivity index (χ0n) is 13.6. The van der Waals surface area contributed by atoms with E-state index in [-0.39, 0.29) is 30.6 Å². The molecule has 0 aliphatic rings. The second-order valence-corrected chi connectivity index (χ2v) is 5.47. The molecule has 2 aromatic rings. The van der Waals surface area contributed by atoms with Gasteiger partial charge in [-0.2, -0.15) is 18.2 Å². The topological polar surface area (TPSA) is 113 Å². The summed E-state index contributed by atoms with van der Waals surface area (Å²) < 4.78 is 39.0. The van der Waals surface area contributed by atoms with Crippen molar-refractivity contribution in [3.05, 3.63) is 51.7 Å². The van der Waals surface area contributed by atoms with Crippen LogP contribution >= 0.6 is 0 Å². The molecule has 0 aliphatic carbocycles. The van der Waals surface area contributed by atoms with Crippen molar-refractivity contribution < 1.29 is 23.2 Å². The monoisotopic (exact) mass is 371 g/mol. The molecule has 8 nitrogen and oxygen atoms in total. The molecule has 2 rings (SSSR count). The lowest BCUT2D eigenvalue weighted by atomic mass is 10.2. The zero-order valence-corrected chi connectivity index (χ0v) is 13.6. The van der Waals surface area contributed by atoms with Gasteiger partial charge in [-0.25, -0.2) is 4.98 Å². The average Bonchev–Trinajstić information content (AvgIpc) is 2.59. The number of alkyl halides is 3. The van der Waals surface area contributed by atoms with Gasteiger partial charge in [-0.05, 0) is 12.5 Å². The Balaban J connectivity index is 2.23. The number of benzene rings is 1. The van der Waals surface area contributed by atoms with Crippen molar-refractivity contribution in [1.82, 2.24) is 9.97 Å². The van der Waals surface area contributed by atoms with Crippen LogP contribution in [0.2, 0.25) is 0 Å². The van der Waals surface area contributed by atoms with Crippen molar-refractivity contribution in [1.29, 1.82) is 0 Å². The highest BCUT2D eigenvalue weighted by Crippen LogP contribution is 2.30. The summed E-state index contributed by atoms with van der Waals surface area (Å²) in [5, 5.41) is 25.0. The van der Waals surface area contributed by atoms with E-state index in [9.17, 15) is 23.3 Å². The van der Waals surface area contributed by atoms with Gasteiger partial charge in [0.05, 0.1) is 11.5 Å². The Kier molecular flexibility index (Phi) is 5.93.